The monoisotopic (exact) mass is 254 g/mol. The highest BCUT2D eigenvalue weighted by Crippen LogP contribution is 2.11. The molecule has 0 radical (unpaired) electrons. The highest BCUT2D eigenvalue weighted by atomic mass is 15.3. The first kappa shape index (κ1) is 14.3. The number of nitrogens with zero attached hydrogens (tertiary/aromatic N) is 3. The molecule has 2 heterocycles. The lowest BCUT2D eigenvalue weighted by Gasteiger charge is -2.37. The number of piperazine rings is 1. The summed E-state index contributed by atoms with van der Waals surface area (Å²) in [7, 11) is 4.47. The molecule has 1 atom stereocenters. The standard InChI is InChI=1S/C14H30N4/c1-16(2)14(12-17-8-4-3-5-9-17)13-18-10-6-15-7-11-18/h14-15H,3-13H2,1-2H3. The van der Waals surface area contributed by atoms with Crippen molar-refractivity contribution >= 4 is 0 Å². The van der Waals surface area contributed by atoms with Crippen LogP contribution in [-0.2, 0) is 0 Å². The predicted molar refractivity (Wildman–Crippen MR) is 77.1 cm³/mol. The highest BCUT2D eigenvalue weighted by molar-refractivity contribution is 4.79. The zero-order chi connectivity index (χ0) is 12.8. The molecule has 2 rings (SSSR count). The van der Waals surface area contributed by atoms with E-state index in [0.29, 0.717) is 6.04 Å². The predicted octanol–water partition coefficient (Wildman–Crippen LogP) is 0.308. The van der Waals surface area contributed by atoms with E-state index in [0.717, 1.165) is 13.1 Å². The smallest absolute Gasteiger partial charge is 0.0344 e. The topological polar surface area (TPSA) is 21.8 Å². The Kier molecular flexibility index (Phi) is 5.89. The number of hydrogen-bond donors (Lipinski definition) is 1. The van der Waals surface area contributed by atoms with E-state index in [1.165, 1.54) is 58.5 Å². The summed E-state index contributed by atoms with van der Waals surface area (Å²) in [5, 5.41) is 3.43. The van der Waals surface area contributed by atoms with Crippen LogP contribution in [-0.4, -0.2) is 87.2 Å². The van der Waals surface area contributed by atoms with Crippen molar-refractivity contribution in [1.29, 1.82) is 0 Å². The van der Waals surface area contributed by atoms with Gasteiger partial charge in [-0.3, -0.25) is 4.90 Å². The van der Waals surface area contributed by atoms with Crippen molar-refractivity contribution < 1.29 is 0 Å². The maximum atomic E-state index is 3.43. The third kappa shape index (κ3) is 4.50. The minimum Gasteiger partial charge on any atom is -0.314 e. The van der Waals surface area contributed by atoms with E-state index in [1.54, 1.807) is 0 Å². The summed E-state index contributed by atoms with van der Waals surface area (Å²) in [6.45, 7) is 9.84. The van der Waals surface area contributed by atoms with Crippen molar-refractivity contribution in [2.75, 3.05) is 66.5 Å². The van der Waals surface area contributed by atoms with Gasteiger partial charge in [-0.1, -0.05) is 6.42 Å². The van der Waals surface area contributed by atoms with Gasteiger partial charge < -0.3 is 15.1 Å². The minimum atomic E-state index is 0.682. The average molecular weight is 254 g/mol. The molecular weight excluding hydrogens is 224 g/mol. The van der Waals surface area contributed by atoms with Crippen LogP contribution in [0.1, 0.15) is 19.3 Å². The van der Waals surface area contributed by atoms with Crippen LogP contribution in [0.15, 0.2) is 0 Å². The first-order valence-corrected chi connectivity index (χ1v) is 7.57. The van der Waals surface area contributed by atoms with Crippen molar-refractivity contribution in [3.8, 4) is 0 Å². The molecule has 0 bridgehead atoms. The molecule has 0 aromatic rings. The Hall–Kier alpha value is -0.160. The summed E-state index contributed by atoms with van der Waals surface area (Å²) in [5.41, 5.74) is 0. The molecule has 2 saturated heterocycles. The fraction of sp³-hybridized carbons (Fsp3) is 1.00. The average Bonchev–Trinajstić information content (AvgIpc) is 2.40. The lowest BCUT2D eigenvalue weighted by Crippen LogP contribution is -2.52. The molecule has 0 aliphatic carbocycles. The molecular formula is C14H30N4. The summed E-state index contributed by atoms with van der Waals surface area (Å²) in [6, 6.07) is 0.682. The van der Waals surface area contributed by atoms with Gasteiger partial charge in [-0.25, -0.2) is 0 Å². The maximum Gasteiger partial charge on any atom is 0.0344 e. The lowest BCUT2D eigenvalue weighted by atomic mass is 10.1. The largest absolute Gasteiger partial charge is 0.314 e. The summed E-state index contributed by atoms with van der Waals surface area (Å²) in [5.74, 6) is 0. The summed E-state index contributed by atoms with van der Waals surface area (Å²) in [4.78, 5) is 7.69. The highest BCUT2D eigenvalue weighted by Gasteiger charge is 2.21. The van der Waals surface area contributed by atoms with Crippen LogP contribution < -0.4 is 5.32 Å². The molecule has 0 amide bonds. The van der Waals surface area contributed by atoms with Crippen LogP contribution in [0.2, 0.25) is 0 Å². The molecule has 2 fully saturated rings. The van der Waals surface area contributed by atoms with E-state index in [9.17, 15) is 0 Å². The van der Waals surface area contributed by atoms with E-state index < -0.39 is 0 Å². The second kappa shape index (κ2) is 7.43. The lowest BCUT2D eigenvalue weighted by molar-refractivity contribution is 0.117. The van der Waals surface area contributed by atoms with Gasteiger partial charge >= 0.3 is 0 Å². The van der Waals surface area contributed by atoms with Gasteiger partial charge in [0.05, 0.1) is 0 Å². The summed E-state index contributed by atoms with van der Waals surface area (Å²) < 4.78 is 0. The van der Waals surface area contributed by atoms with Gasteiger partial charge in [0.1, 0.15) is 0 Å². The third-order valence-corrected chi connectivity index (χ3v) is 4.33. The van der Waals surface area contributed by atoms with Gasteiger partial charge in [-0.2, -0.15) is 0 Å². The van der Waals surface area contributed by atoms with Crippen molar-refractivity contribution in [1.82, 2.24) is 20.0 Å². The van der Waals surface area contributed by atoms with Crippen LogP contribution in [0.5, 0.6) is 0 Å². The van der Waals surface area contributed by atoms with E-state index in [4.69, 9.17) is 0 Å². The van der Waals surface area contributed by atoms with Crippen LogP contribution >= 0.6 is 0 Å². The number of nitrogens with one attached hydrogen (secondary N) is 1. The SMILES string of the molecule is CN(C)C(CN1CCCCC1)CN1CCNCC1. The van der Waals surface area contributed by atoms with Crippen LogP contribution in [0, 0.1) is 0 Å². The van der Waals surface area contributed by atoms with Gasteiger partial charge in [0, 0.05) is 45.3 Å². The van der Waals surface area contributed by atoms with Crippen molar-refractivity contribution in [3.05, 3.63) is 0 Å². The second-order valence-corrected chi connectivity index (χ2v) is 6.03. The molecule has 0 spiro atoms. The number of rotatable bonds is 5. The van der Waals surface area contributed by atoms with Crippen molar-refractivity contribution in [2.24, 2.45) is 0 Å². The molecule has 2 aliphatic rings. The van der Waals surface area contributed by atoms with E-state index in [-0.39, 0.29) is 0 Å². The quantitative estimate of drug-likeness (QED) is 0.762. The maximum absolute atomic E-state index is 3.43. The van der Waals surface area contributed by atoms with Crippen LogP contribution in [0.3, 0.4) is 0 Å². The number of piperidine rings is 1. The Balaban J connectivity index is 1.78. The molecule has 4 heteroatoms. The molecule has 1 unspecified atom stereocenters. The zero-order valence-electron chi connectivity index (χ0n) is 12.2. The fourth-order valence-corrected chi connectivity index (χ4v) is 3.02. The summed E-state index contributed by atoms with van der Waals surface area (Å²) in [6.07, 6.45) is 4.22. The van der Waals surface area contributed by atoms with Gasteiger partial charge in [-0.15, -0.1) is 0 Å². The molecule has 2 aliphatic heterocycles. The second-order valence-electron chi connectivity index (χ2n) is 6.03. The van der Waals surface area contributed by atoms with Gasteiger partial charge in [0.15, 0.2) is 0 Å². The van der Waals surface area contributed by atoms with Crippen molar-refractivity contribution in [3.63, 3.8) is 0 Å². The van der Waals surface area contributed by atoms with E-state index in [2.05, 4.69) is 34.1 Å². The molecule has 0 aromatic carbocycles. The molecule has 4 nitrogen and oxygen atoms in total. The molecule has 18 heavy (non-hydrogen) atoms. The normalized spacial score (nSPS) is 25.5. The molecule has 0 aromatic heterocycles. The zero-order valence-corrected chi connectivity index (χ0v) is 12.2. The van der Waals surface area contributed by atoms with E-state index >= 15 is 0 Å². The summed E-state index contributed by atoms with van der Waals surface area (Å²) >= 11 is 0. The van der Waals surface area contributed by atoms with E-state index in [1.807, 2.05) is 0 Å². The Morgan fingerprint density at radius 1 is 0.889 bits per heavy atom. The van der Waals surface area contributed by atoms with Gasteiger partial charge in [0.2, 0.25) is 0 Å². The Bertz CT molecular complexity index is 200. The first-order valence-electron chi connectivity index (χ1n) is 7.57. The number of hydrogen-bond acceptors (Lipinski definition) is 4. The van der Waals surface area contributed by atoms with Crippen molar-refractivity contribution in [2.45, 2.75) is 25.3 Å². The van der Waals surface area contributed by atoms with Crippen LogP contribution in [0.25, 0.3) is 0 Å². The minimum absolute atomic E-state index is 0.682. The molecule has 0 saturated carbocycles. The van der Waals surface area contributed by atoms with Crippen LogP contribution in [0.4, 0.5) is 0 Å². The molecule has 106 valence electrons. The number of likely N-dealkylation sites (tertiary alicyclic amines) is 1. The van der Waals surface area contributed by atoms with Gasteiger partial charge in [-0.05, 0) is 40.0 Å². The molecule has 1 N–H and O–H groups in total. The Labute approximate surface area is 112 Å². The number of likely N-dealkylation sites (N-methyl/N-ethyl adjacent to an activating group) is 1. The first-order chi connectivity index (χ1) is 8.75. The van der Waals surface area contributed by atoms with Gasteiger partial charge in [0.25, 0.3) is 0 Å². The Morgan fingerprint density at radius 3 is 2.00 bits per heavy atom. The third-order valence-electron chi connectivity index (χ3n) is 4.33. The fourth-order valence-electron chi connectivity index (χ4n) is 3.02. The Morgan fingerprint density at radius 2 is 1.44 bits per heavy atom.